The minimum Gasteiger partial charge on any atom is -0.278 e. The summed E-state index contributed by atoms with van der Waals surface area (Å²) in [6, 6.07) is 4.77. The molecule has 9 heteroatoms. The largest absolute Gasteiger partial charge is 0.278 e. The van der Waals surface area contributed by atoms with Crippen molar-refractivity contribution in [2.45, 2.75) is 4.90 Å². The Morgan fingerprint density at radius 3 is 2.38 bits per heavy atom. The smallest absolute Gasteiger partial charge is 0.262 e. The average Bonchev–Trinajstić information content (AvgIpc) is 2.39. The number of nitrogens with zero attached hydrogens (tertiary/aromatic N) is 2. The molecule has 0 unspecified atom stereocenters. The molecule has 108 valence electrons. The molecule has 0 fully saturated rings. The molecule has 0 saturated carbocycles. The number of halogens is 3. The van der Waals surface area contributed by atoms with Crippen molar-refractivity contribution in [3.05, 3.63) is 52.8 Å². The van der Waals surface area contributed by atoms with E-state index in [0.29, 0.717) is 18.2 Å². The van der Waals surface area contributed by atoms with E-state index in [1.807, 2.05) is 0 Å². The molecule has 2 aromatic rings. The molecular weight excluding hydrogens is 324 g/mol. The van der Waals surface area contributed by atoms with Gasteiger partial charge in [-0.05, 0) is 18.2 Å². The molecule has 0 bridgehead atoms. The van der Waals surface area contributed by atoms with E-state index in [1.165, 1.54) is 0 Å². The first kappa shape index (κ1) is 15.2. The third kappa shape index (κ3) is 3.45. The summed E-state index contributed by atoms with van der Waals surface area (Å²) in [5.74, 6) is -2.05. The van der Waals surface area contributed by atoms with Crippen LogP contribution < -0.4 is 4.72 Å². The van der Waals surface area contributed by atoms with E-state index in [1.54, 1.807) is 6.07 Å². The fraction of sp³-hybridized carbons (Fsp3) is 0. The van der Waals surface area contributed by atoms with Gasteiger partial charge in [0.1, 0.15) is 22.9 Å². The maximum atomic E-state index is 13.1. The lowest BCUT2D eigenvalue weighted by molar-refractivity contribution is 0.568. The Labute approximate surface area is 123 Å². The van der Waals surface area contributed by atoms with Gasteiger partial charge >= 0.3 is 0 Å². The maximum absolute atomic E-state index is 13.1. The van der Waals surface area contributed by atoms with Gasteiger partial charge in [0, 0.05) is 6.07 Å². The first-order valence-corrected chi connectivity index (χ1v) is 7.22. The van der Waals surface area contributed by atoms with Crippen LogP contribution in [0.1, 0.15) is 5.56 Å². The summed E-state index contributed by atoms with van der Waals surface area (Å²) < 4.78 is 52.2. The molecule has 0 aliphatic heterocycles. The van der Waals surface area contributed by atoms with Gasteiger partial charge in [0.2, 0.25) is 0 Å². The average molecular weight is 330 g/mol. The number of pyridine rings is 1. The van der Waals surface area contributed by atoms with Crippen LogP contribution in [0.25, 0.3) is 0 Å². The SMILES string of the molecule is N#Cc1cc(NS(=O)(=O)c2cc(F)cc(F)c2)cnc1Cl. The molecule has 0 aliphatic rings. The van der Waals surface area contributed by atoms with Gasteiger partial charge < -0.3 is 0 Å². The van der Waals surface area contributed by atoms with Crippen molar-refractivity contribution >= 4 is 27.3 Å². The lowest BCUT2D eigenvalue weighted by Gasteiger charge is -2.08. The van der Waals surface area contributed by atoms with Crippen molar-refractivity contribution < 1.29 is 17.2 Å². The molecule has 0 aliphatic carbocycles. The van der Waals surface area contributed by atoms with E-state index in [0.717, 1.165) is 12.3 Å². The highest BCUT2D eigenvalue weighted by Gasteiger charge is 2.17. The summed E-state index contributed by atoms with van der Waals surface area (Å²) >= 11 is 5.62. The zero-order valence-corrected chi connectivity index (χ0v) is 11.7. The number of benzene rings is 1. The molecule has 0 spiro atoms. The van der Waals surface area contributed by atoms with Crippen molar-refractivity contribution in [1.82, 2.24) is 4.98 Å². The second-order valence-corrected chi connectivity index (χ2v) is 5.93. The Balaban J connectivity index is 2.40. The molecule has 1 aromatic carbocycles. The molecule has 1 aromatic heterocycles. The number of nitriles is 1. The van der Waals surface area contributed by atoms with Crippen LogP contribution in [0, 0.1) is 23.0 Å². The Hall–Kier alpha value is -2.24. The Bertz CT molecular complexity index is 830. The number of sulfonamides is 1. The Morgan fingerprint density at radius 2 is 1.81 bits per heavy atom. The highest BCUT2D eigenvalue weighted by molar-refractivity contribution is 7.92. The first-order chi connectivity index (χ1) is 9.81. The topological polar surface area (TPSA) is 82.9 Å². The molecule has 0 atom stereocenters. The minimum atomic E-state index is -4.22. The van der Waals surface area contributed by atoms with E-state index in [4.69, 9.17) is 16.9 Å². The van der Waals surface area contributed by atoms with Crippen LogP contribution in [0.2, 0.25) is 5.15 Å². The van der Waals surface area contributed by atoms with Gasteiger partial charge in [-0.1, -0.05) is 11.6 Å². The summed E-state index contributed by atoms with van der Waals surface area (Å²) in [5, 5.41) is 8.69. The van der Waals surface area contributed by atoms with Gasteiger partial charge in [-0.2, -0.15) is 5.26 Å². The van der Waals surface area contributed by atoms with E-state index < -0.39 is 26.6 Å². The van der Waals surface area contributed by atoms with E-state index in [-0.39, 0.29) is 16.4 Å². The molecule has 1 N–H and O–H groups in total. The predicted octanol–water partition coefficient (Wildman–Crippen LogP) is 2.69. The number of aromatic nitrogens is 1. The van der Waals surface area contributed by atoms with Crippen molar-refractivity contribution in [2.24, 2.45) is 0 Å². The fourth-order valence-electron chi connectivity index (χ4n) is 1.48. The third-order valence-electron chi connectivity index (χ3n) is 2.36. The van der Waals surface area contributed by atoms with Crippen LogP contribution in [-0.2, 0) is 10.0 Å². The molecule has 1 heterocycles. The number of nitrogens with one attached hydrogen (secondary N) is 1. The van der Waals surface area contributed by atoms with Gasteiger partial charge in [0.05, 0.1) is 22.3 Å². The van der Waals surface area contributed by atoms with Crippen LogP contribution in [0.4, 0.5) is 14.5 Å². The number of hydrogen-bond acceptors (Lipinski definition) is 4. The predicted molar refractivity (Wildman–Crippen MR) is 71.1 cm³/mol. The van der Waals surface area contributed by atoms with Gasteiger partial charge in [0.15, 0.2) is 0 Å². The first-order valence-electron chi connectivity index (χ1n) is 5.36. The van der Waals surface area contributed by atoms with Gasteiger partial charge in [-0.25, -0.2) is 22.2 Å². The van der Waals surface area contributed by atoms with Crippen LogP contribution in [0.3, 0.4) is 0 Å². The van der Waals surface area contributed by atoms with Crippen LogP contribution in [-0.4, -0.2) is 13.4 Å². The van der Waals surface area contributed by atoms with E-state index in [2.05, 4.69) is 9.71 Å². The molecule has 0 radical (unpaired) electrons. The van der Waals surface area contributed by atoms with Crippen molar-refractivity contribution in [2.75, 3.05) is 4.72 Å². The number of rotatable bonds is 3. The second kappa shape index (κ2) is 5.63. The molecule has 21 heavy (non-hydrogen) atoms. The molecular formula is C12H6ClF2N3O2S. The van der Waals surface area contributed by atoms with Crippen molar-refractivity contribution in [3.63, 3.8) is 0 Å². The van der Waals surface area contributed by atoms with Gasteiger partial charge in [0.25, 0.3) is 10.0 Å². The van der Waals surface area contributed by atoms with Crippen molar-refractivity contribution in [1.29, 1.82) is 5.26 Å². The maximum Gasteiger partial charge on any atom is 0.262 e. The summed E-state index contributed by atoms with van der Waals surface area (Å²) in [5.41, 5.74) is -0.0945. The van der Waals surface area contributed by atoms with Gasteiger partial charge in [-0.15, -0.1) is 0 Å². The highest BCUT2D eigenvalue weighted by Crippen LogP contribution is 2.21. The van der Waals surface area contributed by atoms with Crippen LogP contribution >= 0.6 is 11.6 Å². The molecule has 0 saturated heterocycles. The summed E-state index contributed by atoms with van der Waals surface area (Å²) in [4.78, 5) is 3.04. The number of anilines is 1. The molecule has 0 amide bonds. The molecule has 2 rings (SSSR count). The minimum absolute atomic E-state index is 0.0395. The third-order valence-corrected chi connectivity index (χ3v) is 4.02. The van der Waals surface area contributed by atoms with Crippen LogP contribution in [0.5, 0.6) is 0 Å². The van der Waals surface area contributed by atoms with Gasteiger partial charge in [-0.3, -0.25) is 4.72 Å². The lowest BCUT2D eigenvalue weighted by atomic mass is 10.3. The molecule has 5 nitrogen and oxygen atoms in total. The summed E-state index contributed by atoms with van der Waals surface area (Å²) in [6.45, 7) is 0. The highest BCUT2D eigenvalue weighted by atomic mass is 35.5. The quantitative estimate of drug-likeness (QED) is 0.878. The normalized spacial score (nSPS) is 11.0. The second-order valence-electron chi connectivity index (χ2n) is 3.88. The zero-order valence-electron chi connectivity index (χ0n) is 10.1. The lowest BCUT2D eigenvalue weighted by Crippen LogP contribution is -2.14. The van der Waals surface area contributed by atoms with E-state index in [9.17, 15) is 17.2 Å². The Morgan fingerprint density at radius 1 is 1.19 bits per heavy atom. The fourth-order valence-corrected chi connectivity index (χ4v) is 2.70. The zero-order chi connectivity index (χ0) is 15.6. The van der Waals surface area contributed by atoms with Crippen LogP contribution in [0.15, 0.2) is 35.4 Å². The van der Waals surface area contributed by atoms with E-state index >= 15 is 0 Å². The Kier molecular flexibility index (Phi) is 4.06. The number of hydrogen-bond donors (Lipinski definition) is 1. The summed E-state index contributed by atoms with van der Waals surface area (Å²) in [7, 11) is -4.22. The standard InChI is InChI=1S/C12H6ClF2N3O2S/c13-12-7(5-16)1-10(6-17-12)18-21(19,20)11-3-8(14)2-9(15)4-11/h1-4,6,18H. The monoisotopic (exact) mass is 329 g/mol. The van der Waals surface area contributed by atoms with Crippen molar-refractivity contribution in [3.8, 4) is 6.07 Å². The summed E-state index contributed by atoms with van der Waals surface area (Å²) in [6.07, 6.45) is 1.08.